The zero-order valence-corrected chi connectivity index (χ0v) is 11.8. The Hall–Kier alpha value is -1.21. The lowest BCUT2D eigenvalue weighted by atomic mass is 10.2. The highest BCUT2D eigenvalue weighted by Crippen LogP contribution is 2.18. The van der Waals surface area contributed by atoms with Gasteiger partial charge in [-0.25, -0.2) is 9.59 Å². The number of thiophene rings is 1. The summed E-state index contributed by atoms with van der Waals surface area (Å²) in [6.07, 6.45) is 1.95. The molecule has 3 N–H and O–H groups in total. The Morgan fingerprint density at radius 3 is 2.72 bits per heavy atom. The SMILES string of the molecule is CSCC(C)NC(=O)NC(C(=O)O)c1cccs1. The number of carbonyl (C=O) groups excluding carboxylic acids is 1. The second kappa shape index (κ2) is 7.27. The minimum atomic E-state index is -1.06. The van der Waals surface area contributed by atoms with Crippen molar-refractivity contribution in [2.24, 2.45) is 0 Å². The number of carboxylic acids is 1. The van der Waals surface area contributed by atoms with Crippen LogP contribution in [0.15, 0.2) is 17.5 Å². The summed E-state index contributed by atoms with van der Waals surface area (Å²) in [5.41, 5.74) is 0. The van der Waals surface area contributed by atoms with Crippen LogP contribution < -0.4 is 10.6 Å². The number of hydrogen-bond acceptors (Lipinski definition) is 4. The lowest BCUT2D eigenvalue weighted by Crippen LogP contribution is -2.44. The van der Waals surface area contributed by atoms with Crippen LogP contribution in [0.5, 0.6) is 0 Å². The predicted octanol–water partition coefficient (Wildman–Crippen LogP) is 1.92. The number of hydrogen-bond donors (Lipinski definition) is 3. The quantitative estimate of drug-likeness (QED) is 0.747. The van der Waals surface area contributed by atoms with Gasteiger partial charge in [0, 0.05) is 16.7 Å². The average Bonchev–Trinajstić information content (AvgIpc) is 2.78. The van der Waals surface area contributed by atoms with Crippen molar-refractivity contribution in [1.82, 2.24) is 10.6 Å². The molecule has 0 fully saturated rings. The molecule has 1 rings (SSSR count). The van der Waals surface area contributed by atoms with E-state index in [1.807, 2.05) is 13.2 Å². The van der Waals surface area contributed by atoms with E-state index in [1.54, 1.807) is 29.3 Å². The minimum absolute atomic E-state index is 0.00205. The average molecular weight is 288 g/mol. The van der Waals surface area contributed by atoms with Gasteiger partial charge >= 0.3 is 12.0 Å². The van der Waals surface area contributed by atoms with Crippen LogP contribution in [0.1, 0.15) is 17.8 Å². The molecule has 0 aromatic carbocycles. The Bertz CT molecular complexity index is 395. The molecule has 5 nitrogen and oxygen atoms in total. The van der Waals surface area contributed by atoms with Crippen LogP contribution in [0.3, 0.4) is 0 Å². The van der Waals surface area contributed by atoms with Crippen molar-refractivity contribution < 1.29 is 14.7 Å². The molecule has 0 bridgehead atoms. The van der Waals surface area contributed by atoms with E-state index in [0.717, 1.165) is 5.75 Å². The molecule has 0 aliphatic heterocycles. The summed E-state index contributed by atoms with van der Waals surface area (Å²) in [7, 11) is 0. The lowest BCUT2D eigenvalue weighted by molar-refractivity contribution is -0.139. The van der Waals surface area contributed by atoms with Gasteiger partial charge in [0.25, 0.3) is 0 Å². The highest BCUT2D eigenvalue weighted by Gasteiger charge is 2.23. The van der Waals surface area contributed by atoms with Gasteiger partial charge in [0.15, 0.2) is 6.04 Å². The smallest absolute Gasteiger partial charge is 0.331 e. The van der Waals surface area contributed by atoms with Crippen molar-refractivity contribution in [2.45, 2.75) is 19.0 Å². The molecule has 0 spiro atoms. The standard InChI is InChI=1S/C11H16N2O3S2/c1-7(6-17-2)12-11(16)13-9(10(14)15)8-4-3-5-18-8/h3-5,7,9H,6H2,1-2H3,(H,14,15)(H2,12,13,16). The van der Waals surface area contributed by atoms with Crippen LogP contribution in [0.4, 0.5) is 4.79 Å². The lowest BCUT2D eigenvalue weighted by Gasteiger charge is -2.17. The van der Waals surface area contributed by atoms with Crippen LogP contribution in [-0.2, 0) is 4.79 Å². The zero-order valence-electron chi connectivity index (χ0n) is 10.2. The van der Waals surface area contributed by atoms with Gasteiger partial charge in [0.05, 0.1) is 0 Å². The second-order valence-electron chi connectivity index (χ2n) is 3.76. The molecule has 7 heteroatoms. The summed E-state index contributed by atoms with van der Waals surface area (Å²) in [5, 5.41) is 16.0. The maximum Gasteiger partial charge on any atom is 0.331 e. The summed E-state index contributed by atoms with van der Waals surface area (Å²) in [6.45, 7) is 1.87. The molecule has 2 amide bonds. The first-order valence-electron chi connectivity index (χ1n) is 5.36. The Balaban J connectivity index is 2.57. The van der Waals surface area contributed by atoms with E-state index in [4.69, 9.17) is 5.11 Å². The first-order chi connectivity index (χ1) is 8.54. The number of carbonyl (C=O) groups is 2. The van der Waals surface area contributed by atoms with Crippen molar-refractivity contribution in [3.63, 3.8) is 0 Å². The van der Waals surface area contributed by atoms with E-state index in [0.29, 0.717) is 4.88 Å². The van der Waals surface area contributed by atoms with Gasteiger partial charge in [0.1, 0.15) is 0 Å². The Labute approximate surface area is 114 Å². The predicted molar refractivity (Wildman–Crippen MR) is 74.2 cm³/mol. The monoisotopic (exact) mass is 288 g/mol. The summed E-state index contributed by atoms with van der Waals surface area (Å²) >= 11 is 2.92. The summed E-state index contributed by atoms with van der Waals surface area (Å²) < 4.78 is 0. The maximum atomic E-state index is 11.6. The van der Waals surface area contributed by atoms with E-state index in [1.165, 1.54) is 11.3 Å². The third-order valence-electron chi connectivity index (χ3n) is 2.14. The number of thioether (sulfide) groups is 1. The van der Waals surface area contributed by atoms with Crippen LogP contribution in [0, 0.1) is 0 Å². The molecule has 1 aromatic heterocycles. The summed E-state index contributed by atoms with van der Waals surface area (Å²) in [5.74, 6) is -0.283. The first-order valence-corrected chi connectivity index (χ1v) is 7.64. The van der Waals surface area contributed by atoms with Crippen LogP contribution in [0.2, 0.25) is 0 Å². The molecular weight excluding hydrogens is 272 g/mol. The van der Waals surface area contributed by atoms with E-state index < -0.39 is 18.0 Å². The van der Waals surface area contributed by atoms with Crippen molar-refractivity contribution in [3.05, 3.63) is 22.4 Å². The van der Waals surface area contributed by atoms with Crippen molar-refractivity contribution in [1.29, 1.82) is 0 Å². The summed E-state index contributed by atoms with van der Waals surface area (Å²) in [4.78, 5) is 23.4. The van der Waals surface area contributed by atoms with Gasteiger partial charge < -0.3 is 15.7 Å². The fourth-order valence-electron chi connectivity index (χ4n) is 1.40. The van der Waals surface area contributed by atoms with Crippen LogP contribution >= 0.6 is 23.1 Å². The number of amides is 2. The van der Waals surface area contributed by atoms with E-state index in [-0.39, 0.29) is 6.04 Å². The fraction of sp³-hybridized carbons (Fsp3) is 0.455. The molecule has 2 atom stereocenters. The van der Waals surface area contributed by atoms with Crippen LogP contribution in [-0.4, -0.2) is 35.2 Å². The van der Waals surface area contributed by atoms with Crippen molar-refractivity contribution in [3.8, 4) is 0 Å². The topological polar surface area (TPSA) is 78.4 Å². The number of aliphatic carboxylic acids is 1. The van der Waals surface area contributed by atoms with E-state index in [2.05, 4.69) is 10.6 Å². The van der Waals surface area contributed by atoms with Gasteiger partial charge in [-0.1, -0.05) is 6.07 Å². The number of urea groups is 1. The molecule has 0 saturated heterocycles. The molecule has 0 aliphatic rings. The Morgan fingerprint density at radius 1 is 1.50 bits per heavy atom. The van der Waals surface area contributed by atoms with Crippen LogP contribution in [0.25, 0.3) is 0 Å². The van der Waals surface area contributed by atoms with Gasteiger partial charge in [-0.05, 0) is 24.6 Å². The van der Waals surface area contributed by atoms with Gasteiger partial charge in [-0.15, -0.1) is 11.3 Å². The molecule has 0 radical (unpaired) electrons. The first kappa shape index (κ1) is 14.8. The molecule has 100 valence electrons. The second-order valence-corrected chi connectivity index (χ2v) is 5.65. The fourth-order valence-corrected chi connectivity index (χ4v) is 2.75. The molecule has 0 aliphatic carbocycles. The molecule has 2 unspecified atom stereocenters. The number of carboxylic acid groups (broad SMARTS) is 1. The summed E-state index contributed by atoms with van der Waals surface area (Å²) in [6, 6.07) is 1.99. The number of nitrogens with one attached hydrogen (secondary N) is 2. The third-order valence-corrected chi connectivity index (χ3v) is 3.91. The largest absolute Gasteiger partial charge is 0.479 e. The molecule has 18 heavy (non-hydrogen) atoms. The van der Waals surface area contributed by atoms with Gasteiger partial charge in [-0.3, -0.25) is 0 Å². The highest BCUT2D eigenvalue weighted by molar-refractivity contribution is 7.98. The Morgan fingerprint density at radius 2 is 2.22 bits per heavy atom. The highest BCUT2D eigenvalue weighted by atomic mass is 32.2. The molecule has 1 heterocycles. The zero-order chi connectivity index (χ0) is 13.5. The maximum absolute atomic E-state index is 11.6. The van der Waals surface area contributed by atoms with E-state index in [9.17, 15) is 9.59 Å². The van der Waals surface area contributed by atoms with E-state index >= 15 is 0 Å². The molecule has 0 saturated carbocycles. The van der Waals surface area contributed by atoms with Crippen molar-refractivity contribution >= 4 is 35.1 Å². The van der Waals surface area contributed by atoms with Gasteiger partial charge in [0.2, 0.25) is 0 Å². The normalized spacial score (nSPS) is 13.7. The minimum Gasteiger partial charge on any atom is -0.479 e. The van der Waals surface area contributed by atoms with Crippen molar-refractivity contribution in [2.75, 3.05) is 12.0 Å². The molecular formula is C11H16N2O3S2. The Kier molecular flexibility index (Phi) is 6.00. The van der Waals surface area contributed by atoms with Gasteiger partial charge in [-0.2, -0.15) is 11.8 Å². The molecule has 1 aromatic rings. The number of rotatable bonds is 6. The third kappa shape index (κ3) is 4.58.